The Morgan fingerprint density at radius 2 is 1.46 bits per heavy atom. The Balaban J connectivity index is 1.89. The standard InChI is InChI=1S/C16H9Cl2N5S/c17-11-5-1-9(2-6-11)13-14(10-3-7-12(18)8-4-10)24-16(19-13)15-20-22-23-21-15/h1-8H,(H,20,21,22,23). The van der Waals surface area contributed by atoms with Gasteiger partial charge in [0.2, 0.25) is 5.82 Å². The lowest BCUT2D eigenvalue weighted by Gasteiger charge is -2.03. The zero-order chi connectivity index (χ0) is 16.5. The van der Waals surface area contributed by atoms with Gasteiger partial charge >= 0.3 is 0 Å². The van der Waals surface area contributed by atoms with E-state index < -0.39 is 0 Å². The molecule has 2 aromatic carbocycles. The number of thiazole rings is 1. The highest BCUT2D eigenvalue weighted by molar-refractivity contribution is 7.18. The van der Waals surface area contributed by atoms with Crippen LogP contribution in [-0.4, -0.2) is 25.6 Å². The van der Waals surface area contributed by atoms with Crippen molar-refractivity contribution in [3.8, 4) is 32.5 Å². The number of nitrogens with one attached hydrogen (secondary N) is 1. The zero-order valence-electron chi connectivity index (χ0n) is 12.1. The minimum Gasteiger partial charge on any atom is -0.232 e. The summed E-state index contributed by atoms with van der Waals surface area (Å²) in [7, 11) is 0. The van der Waals surface area contributed by atoms with Gasteiger partial charge in [0.1, 0.15) is 0 Å². The van der Waals surface area contributed by atoms with Crippen molar-refractivity contribution in [3.63, 3.8) is 0 Å². The minimum absolute atomic E-state index is 0.468. The topological polar surface area (TPSA) is 67.3 Å². The van der Waals surface area contributed by atoms with Gasteiger partial charge in [-0.1, -0.05) is 47.5 Å². The molecule has 118 valence electrons. The summed E-state index contributed by atoms with van der Waals surface area (Å²) in [6.07, 6.45) is 0. The van der Waals surface area contributed by atoms with Gasteiger partial charge in [-0.3, -0.25) is 0 Å². The van der Waals surface area contributed by atoms with Gasteiger partial charge in [-0.15, -0.1) is 21.5 Å². The molecule has 1 N–H and O–H groups in total. The van der Waals surface area contributed by atoms with Gasteiger partial charge in [-0.25, -0.2) is 4.98 Å². The number of H-pyrrole nitrogens is 1. The fourth-order valence-electron chi connectivity index (χ4n) is 2.27. The first-order valence-electron chi connectivity index (χ1n) is 6.97. The van der Waals surface area contributed by atoms with E-state index in [0.29, 0.717) is 20.9 Å². The molecule has 5 nitrogen and oxygen atoms in total. The van der Waals surface area contributed by atoms with Crippen molar-refractivity contribution in [1.29, 1.82) is 0 Å². The van der Waals surface area contributed by atoms with Crippen molar-refractivity contribution < 1.29 is 0 Å². The second-order valence-corrected chi connectivity index (χ2v) is 6.82. The first-order valence-corrected chi connectivity index (χ1v) is 8.54. The molecule has 0 bridgehead atoms. The zero-order valence-corrected chi connectivity index (χ0v) is 14.4. The van der Waals surface area contributed by atoms with Crippen LogP contribution in [0.5, 0.6) is 0 Å². The van der Waals surface area contributed by atoms with Crippen molar-refractivity contribution in [1.82, 2.24) is 25.6 Å². The Bertz CT molecular complexity index is 900. The molecule has 2 heterocycles. The average Bonchev–Trinajstić information content (AvgIpc) is 3.26. The monoisotopic (exact) mass is 373 g/mol. The van der Waals surface area contributed by atoms with Crippen LogP contribution in [0.15, 0.2) is 48.5 Å². The second-order valence-electron chi connectivity index (χ2n) is 4.95. The summed E-state index contributed by atoms with van der Waals surface area (Å²) in [4.78, 5) is 5.72. The number of rotatable bonds is 3. The summed E-state index contributed by atoms with van der Waals surface area (Å²) in [5, 5.41) is 16.1. The Morgan fingerprint density at radius 1 is 0.833 bits per heavy atom. The summed E-state index contributed by atoms with van der Waals surface area (Å²) in [5.74, 6) is 0.468. The van der Waals surface area contributed by atoms with Crippen molar-refractivity contribution in [2.24, 2.45) is 0 Å². The number of halogens is 2. The number of aromatic nitrogens is 5. The molecular formula is C16H9Cl2N5S. The molecule has 0 fully saturated rings. The number of nitrogens with zero attached hydrogens (tertiary/aromatic N) is 4. The summed E-state index contributed by atoms with van der Waals surface area (Å²) in [6, 6.07) is 15.2. The molecule has 0 saturated carbocycles. The van der Waals surface area contributed by atoms with Gasteiger partial charge in [0.15, 0.2) is 5.01 Å². The molecule has 0 aliphatic heterocycles. The van der Waals surface area contributed by atoms with Crippen LogP contribution >= 0.6 is 34.5 Å². The Labute approximate surface area is 151 Å². The van der Waals surface area contributed by atoms with Crippen molar-refractivity contribution in [2.45, 2.75) is 0 Å². The number of aromatic amines is 1. The smallest absolute Gasteiger partial charge is 0.232 e. The Morgan fingerprint density at radius 3 is 2.04 bits per heavy atom. The van der Waals surface area contributed by atoms with Crippen LogP contribution in [0.4, 0.5) is 0 Å². The van der Waals surface area contributed by atoms with Crippen molar-refractivity contribution in [3.05, 3.63) is 58.6 Å². The van der Waals surface area contributed by atoms with Gasteiger partial charge in [0.25, 0.3) is 0 Å². The third kappa shape index (κ3) is 2.91. The van der Waals surface area contributed by atoms with Gasteiger partial charge in [0, 0.05) is 15.6 Å². The summed E-state index contributed by atoms with van der Waals surface area (Å²) in [6.45, 7) is 0. The van der Waals surface area contributed by atoms with E-state index in [-0.39, 0.29) is 0 Å². The number of hydrogen-bond donors (Lipinski definition) is 1. The van der Waals surface area contributed by atoms with Gasteiger partial charge in [-0.2, -0.15) is 5.21 Å². The second kappa shape index (κ2) is 6.32. The maximum absolute atomic E-state index is 6.00. The van der Waals surface area contributed by atoms with E-state index in [4.69, 9.17) is 28.2 Å². The average molecular weight is 374 g/mol. The molecule has 4 rings (SSSR count). The quantitative estimate of drug-likeness (QED) is 0.550. The molecule has 4 aromatic rings. The minimum atomic E-state index is 0.468. The molecule has 0 aliphatic rings. The molecule has 0 atom stereocenters. The summed E-state index contributed by atoms with van der Waals surface area (Å²) in [5.41, 5.74) is 2.84. The number of hydrogen-bond acceptors (Lipinski definition) is 5. The number of tetrazole rings is 1. The van der Waals surface area contributed by atoms with E-state index in [1.54, 1.807) is 0 Å². The first-order chi connectivity index (χ1) is 11.7. The van der Waals surface area contributed by atoms with Crippen LogP contribution in [0.1, 0.15) is 0 Å². The van der Waals surface area contributed by atoms with Crippen LogP contribution in [0, 0.1) is 0 Å². The summed E-state index contributed by atoms with van der Waals surface area (Å²) >= 11 is 13.5. The molecule has 0 unspecified atom stereocenters. The molecule has 0 saturated heterocycles. The molecule has 0 spiro atoms. The SMILES string of the molecule is Clc1ccc(-c2nc(-c3nn[nH]n3)sc2-c2ccc(Cl)cc2)cc1. The maximum atomic E-state index is 6.00. The normalized spacial score (nSPS) is 10.9. The molecule has 24 heavy (non-hydrogen) atoms. The molecule has 2 aromatic heterocycles. The predicted octanol–water partition coefficient (Wildman–Crippen LogP) is 4.96. The maximum Gasteiger partial charge on any atom is 0.233 e. The van der Waals surface area contributed by atoms with Crippen LogP contribution in [0.2, 0.25) is 10.0 Å². The van der Waals surface area contributed by atoms with Crippen molar-refractivity contribution in [2.75, 3.05) is 0 Å². The lowest BCUT2D eigenvalue weighted by molar-refractivity contribution is 0.881. The fraction of sp³-hybridized carbons (Fsp3) is 0. The van der Waals surface area contributed by atoms with Gasteiger partial charge < -0.3 is 0 Å². The highest BCUT2D eigenvalue weighted by atomic mass is 35.5. The summed E-state index contributed by atoms with van der Waals surface area (Å²) < 4.78 is 0. The van der Waals surface area contributed by atoms with E-state index in [1.807, 2.05) is 48.5 Å². The van der Waals surface area contributed by atoms with E-state index in [1.165, 1.54) is 11.3 Å². The molecule has 0 aliphatic carbocycles. The Hall–Kier alpha value is -2.28. The first kappa shape index (κ1) is 15.3. The van der Waals surface area contributed by atoms with Crippen LogP contribution in [0.25, 0.3) is 32.5 Å². The molecular weight excluding hydrogens is 365 g/mol. The van der Waals surface area contributed by atoms with E-state index >= 15 is 0 Å². The third-order valence-corrected chi connectivity index (χ3v) is 4.99. The molecule has 8 heteroatoms. The predicted molar refractivity (Wildman–Crippen MR) is 96.2 cm³/mol. The van der Waals surface area contributed by atoms with Crippen LogP contribution in [-0.2, 0) is 0 Å². The molecule has 0 amide bonds. The highest BCUT2D eigenvalue weighted by Crippen LogP contribution is 2.40. The van der Waals surface area contributed by atoms with Crippen LogP contribution < -0.4 is 0 Å². The van der Waals surface area contributed by atoms with Crippen molar-refractivity contribution >= 4 is 34.5 Å². The van der Waals surface area contributed by atoms with Gasteiger partial charge in [0.05, 0.1) is 10.6 Å². The lowest BCUT2D eigenvalue weighted by Crippen LogP contribution is -1.83. The lowest BCUT2D eigenvalue weighted by atomic mass is 10.1. The number of benzene rings is 2. The van der Waals surface area contributed by atoms with Crippen LogP contribution in [0.3, 0.4) is 0 Å². The van der Waals surface area contributed by atoms with E-state index in [9.17, 15) is 0 Å². The van der Waals surface area contributed by atoms with E-state index in [2.05, 4.69) is 20.6 Å². The molecule has 0 radical (unpaired) electrons. The van der Waals surface area contributed by atoms with Gasteiger partial charge in [-0.05, 0) is 35.0 Å². The highest BCUT2D eigenvalue weighted by Gasteiger charge is 2.18. The Kier molecular flexibility index (Phi) is 4.02. The van der Waals surface area contributed by atoms with E-state index in [0.717, 1.165) is 21.7 Å². The largest absolute Gasteiger partial charge is 0.233 e. The third-order valence-electron chi connectivity index (χ3n) is 3.39. The fourth-order valence-corrected chi connectivity index (χ4v) is 3.54.